The lowest BCUT2D eigenvalue weighted by Crippen LogP contribution is -2.13. The molecule has 10 aromatic rings. The number of thioether (sulfide) groups is 1. The van der Waals surface area contributed by atoms with Gasteiger partial charge < -0.3 is 16.1 Å². The molecule has 9 heterocycles. The number of imidazole rings is 2. The Morgan fingerprint density at radius 2 is 1.36 bits per heavy atom. The fourth-order valence-electron chi connectivity index (χ4n) is 6.13. The molecule has 390 valence electrons. The molecule has 6 N–H and O–H groups in total. The van der Waals surface area contributed by atoms with Crippen LogP contribution in [0.3, 0.4) is 0 Å². The van der Waals surface area contributed by atoms with Crippen LogP contribution in [0, 0.1) is 37.9 Å². The first-order chi connectivity index (χ1) is 36.2. The molecule has 2 fully saturated rings. The van der Waals surface area contributed by atoms with E-state index in [2.05, 4.69) is 151 Å². The molecule has 0 atom stereocenters. The number of amides is 2. The molecule has 0 unspecified atom stereocenters. The van der Waals surface area contributed by atoms with Crippen molar-refractivity contribution in [2.45, 2.75) is 55.1 Å². The van der Waals surface area contributed by atoms with Crippen molar-refractivity contribution in [1.82, 2.24) is 63.4 Å². The Balaban J connectivity index is 0.000000162. The Labute approximate surface area is 488 Å². The summed E-state index contributed by atoms with van der Waals surface area (Å²) >= 11 is 19.8. The minimum absolute atomic E-state index is 0. The number of rotatable bonds is 8. The van der Waals surface area contributed by atoms with Crippen LogP contribution in [0.15, 0.2) is 163 Å². The number of carbonyl (C=O) groups excluding carboxylic acids is 2. The van der Waals surface area contributed by atoms with Crippen LogP contribution >= 0.6 is 106 Å². The number of benzene rings is 1. The molecule has 2 aliphatic carbocycles. The van der Waals surface area contributed by atoms with Gasteiger partial charge in [0.15, 0.2) is 39.0 Å². The SMILES string of the molecule is C.C=C=C.Cc1cccc(SC#N)c1.NNc1ccc(Br)cn1.O=C(Nc1cn2nc(I)ccc2n1)C1CC1.O=C(Nc1cn2nc(Sc3nnc4ccc(Br)cn34)ccc2n1)C1CC1.S=c1[nH]nc2ccc(Br)cn12. The number of aryl methyl sites for hydroxylation is 1. The van der Waals surface area contributed by atoms with Crippen molar-refractivity contribution >= 4 is 158 Å². The Morgan fingerprint density at radius 1 is 0.776 bits per heavy atom. The lowest BCUT2D eigenvalue weighted by atomic mass is 10.2. The van der Waals surface area contributed by atoms with Crippen LogP contribution in [0.5, 0.6) is 0 Å². The van der Waals surface area contributed by atoms with E-state index in [4.69, 9.17) is 23.3 Å². The van der Waals surface area contributed by atoms with E-state index >= 15 is 0 Å². The first kappa shape index (κ1) is 58.9. The zero-order valence-electron chi connectivity index (χ0n) is 39.3. The molecular formula is C49H46Br3IN18O2S3. The summed E-state index contributed by atoms with van der Waals surface area (Å²) in [6.07, 6.45) is 12.8. The molecule has 2 saturated carbocycles. The molecule has 0 saturated heterocycles. The zero-order chi connectivity index (χ0) is 53.4. The molecule has 9 aromatic heterocycles. The fraction of sp³-hybridized carbons (Fsp3) is 0.163. The number of hydrazine groups is 1. The van der Waals surface area contributed by atoms with Crippen molar-refractivity contribution in [1.29, 1.82) is 5.26 Å². The van der Waals surface area contributed by atoms with E-state index in [0.29, 0.717) is 27.9 Å². The summed E-state index contributed by atoms with van der Waals surface area (Å²) in [4.78, 5) is 37.0. The van der Waals surface area contributed by atoms with Gasteiger partial charge in [-0.3, -0.25) is 23.5 Å². The highest BCUT2D eigenvalue weighted by molar-refractivity contribution is 14.1. The second-order valence-electron chi connectivity index (χ2n) is 15.7. The van der Waals surface area contributed by atoms with Gasteiger partial charge in [0.05, 0.1) is 12.4 Å². The zero-order valence-corrected chi connectivity index (χ0v) is 48.7. The number of thiocyanates is 1. The number of halogens is 4. The second-order valence-corrected chi connectivity index (χ2v) is 21.8. The number of aromatic amines is 1. The number of hydrogen-bond acceptors (Lipinski definition) is 16. The van der Waals surface area contributed by atoms with Crippen molar-refractivity contribution in [2.75, 3.05) is 16.1 Å². The van der Waals surface area contributed by atoms with Gasteiger partial charge in [0.1, 0.15) is 19.9 Å². The van der Waals surface area contributed by atoms with Gasteiger partial charge in [0, 0.05) is 48.7 Å². The predicted molar refractivity (Wildman–Crippen MR) is 318 cm³/mol. The van der Waals surface area contributed by atoms with Crippen molar-refractivity contribution < 1.29 is 9.59 Å². The van der Waals surface area contributed by atoms with E-state index in [1.807, 2.05) is 108 Å². The molecule has 2 aliphatic rings. The summed E-state index contributed by atoms with van der Waals surface area (Å²) in [6.45, 7) is 8.27. The molecule has 20 nitrogen and oxygen atoms in total. The van der Waals surface area contributed by atoms with Gasteiger partial charge >= 0.3 is 0 Å². The Morgan fingerprint density at radius 3 is 1.93 bits per heavy atom. The number of nitrogens with two attached hydrogens (primary N) is 1. The minimum Gasteiger partial charge on any atom is -0.309 e. The number of nitrogen functional groups attached to an aromatic ring is 1. The van der Waals surface area contributed by atoms with E-state index in [-0.39, 0.29) is 31.1 Å². The van der Waals surface area contributed by atoms with Crippen molar-refractivity contribution in [3.05, 3.63) is 162 Å². The maximum absolute atomic E-state index is 11.9. The number of nitriles is 1. The summed E-state index contributed by atoms with van der Waals surface area (Å²) in [7, 11) is 0. The third kappa shape index (κ3) is 17.6. The maximum Gasteiger partial charge on any atom is 0.228 e. The molecule has 12 rings (SSSR count). The Hall–Kier alpha value is -6.35. The van der Waals surface area contributed by atoms with Gasteiger partial charge in [0.25, 0.3) is 0 Å². The summed E-state index contributed by atoms with van der Waals surface area (Å²) in [5.41, 5.74) is 8.88. The average molecular weight is 1380 g/mol. The molecule has 0 spiro atoms. The van der Waals surface area contributed by atoms with Crippen molar-refractivity contribution in [3.63, 3.8) is 0 Å². The van der Waals surface area contributed by atoms with Crippen LogP contribution in [0.2, 0.25) is 0 Å². The third-order valence-corrected chi connectivity index (χ3v) is 13.7. The first-order valence-electron chi connectivity index (χ1n) is 22.1. The summed E-state index contributed by atoms with van der Waals surface area (Å²) in [6, 6.07) is 26.7. The lowest BCUT2D eigenvalue weighted by Gasteiger charge is -2.00. The number of hydrogen-bond donors (Lipinski definition) is 5. The van der Waals surface area contributed by atoms with Gasteiger partial charge in [0.2, 0.25) is 17.0 Å². The topological polar surface area (TPSA) is 257 Å². The monoisotopic (exact) mass is 1380 g/mol. The summed E-state index contributed by atoms with van der Waals surface area (Å²) in [5.74, 6) is 7.26. The number of fused-ring (bicyclic) bond motifs is 4. The number of anilines is 3. The number of aromatic nitrogens is 13. The van der Waals surface area contributed by atoms with Crippen LogP contribution in [0.1, 0.15) is 38.7 Å². The van der Waals surface area contributed by atoms with Crippen LogP contribution in [-0.2, 0) is 9.59 Å². The van der Waals surface area contributed by atoms with Gasteiger partial charge in [-0.05, 0) is 217 Å². The van der Waals surface area contributed by atoms with E-state index in [9.17, 15) is 9.59 Å². The summed E-state index contributed by atoms with van der Waals surface area (Å²) in [5, 5.41) is 41.3. The minimum atomic E-state index is 0. The third-order valence-electron chi connectivity index (χ3n) is 9.92. The number of carbonyl (C=O) groups is 2. The van der Waals surface area contributed by atoms with Crippen molar-refractivity contribution in [3.8, 4) is 5.40 Å². The molecule has 0 bridgehead atoms. The number of nitrogens with zero attached hydrogens (tertiary/aromatic N) is 13. The van der Waals surface area contributed by atoms with E-state index in [1.165, 1.54) is 29.1 Å². The average Bonchev–Trinajstić information content (AvgIpc) is 4.29. The fourth-order valence-corrected chi connectivity index (χ4v) is 8.91. The smallest absolute Gasteiger partial charge is 0.228 e. The molecule has 27 heteroatoms. The highest BCUT2D eigenvalue weighted by Crippen LogP contribution is 2.31. The molecule has 0 aliphatic heterocycles. The number of H-pyrrole nitrogens is 1. The number of pyridine rings is 3. The normalized spacial score (nSPS) is 12.0. The first-order valence-corrected chi connectivity index (χ1v) is 27.6. The molecular weight excluding hydrogens is 1340 g/mol. The van der Waals surface area contributed by atoms with Crippen LogP contribution < -0.4 is 21.9 Å². The van der Waals surface area contributed by atoms with Crippen LogP contribution in [-0.4, -0.2) is 75.2 Å². The van der Waals surface area contributed by atoms with E-state index < -0.39 is 0 Å². The predicted octanol–water partition coefficient (Wildman–Crippen LogP) is 12.2. The lowest BCUT2D eigenvalue weighted by molar-refractivity contribution is -0.118. The van der Waals surface area contributed by atoms with Gasteiger partial charge in [-0.15, -0.1) is 15.9 Å². The molecule has 0 radical (unpaired) electrons. The molecule has 1 aromatic carbocycles. The molecule has 2 amide bonds. The van der Waals surface area contributed by atoms with Gasteiger partial charge in [-0.2, -0.15) is 20.6 Å². The highest BCUT2D eigenvalue weighted by Gasteiger charge is 2.31. The van der Waals surface area contributed by atoms with Gasteiger partial charge in [-0.1, -0.05) is 32.7 Å². The van der Waals surface area contributed by atoms with E-state index in [0.717, 1.165) is 74.8 Å². The second kappa shape index (κ2) is 28.7. The largest absolute Gasteiger partial charge is 0.309 e. The summed E-state index contributed by atoms with van der Waals surface area (Å²) < 4.78 is 11.4. The van der Waals surface area contributed by atoms with E-state index in [1.54, 1.807) is 38.1 Å². The Kier molecular flexibility index (Phi) is 22.2. The molecule has 76 heavy (non-hydrogen) atoms. The van der Waals surface area contributed by atoms with Crippen molar-refractivity contribution in [2.24, 2.45) is 17.7 Å². The highest BCUT2D eigenvalue weighted by atomic mass is 127. The maximum atomic E-state index is 11.9. The Bertz CT molecular complexity index is 3730. The van der Waals surface area contributed by atoms with Crippen LogP contribution in [0.4, 0.5) is 17.5 Å². The van der Waals surface area contributed by atoms with Gasteiger partial charge in [-0.25, -0.2) is 29.8 Å². The van der Waals surface area contributed by atoms with Crippen LogP contribution in [0.25, 0.3) is 22.6 Å². The number of nitrogens with one attached hydrogen (secondary N) is 4. The quantitative estimate of drug-likeness (QED) is 0.0180. The standard InChI is InChI=1S/C16H12BrN7OS.C10H9IN4O.C8H7NS.C6H4BrN3S.C5H6BrN3.C3H4.CH4/c17-10-3-4-13-20-21-16(23(13)7-10)26-14-6-5-12-18-11(8-24(12)22-14)19-15(25)9-1-2-9;11-7-3-4-9-12-8(5-15(9)14-7)13-10(16)6-1-2-6;1-7-3-2-4-8(5-7)10-6-9;7-4-1-2-5-8-9-6(11)10(5)3-4;6-4-1-2-5(9-7)8-3-4;1-3-2;/h3-9H,1-2H2,(H,19,25);3-6H,1-2H2,(H,13,16);2-5H,1H3;1-3H,(H,9,11);1-3H,7H2,(H,8,9);1-2H2;1H4.